The van der Waals surface area contributed by atoms with Gasteiger partial charge in [0.05, 0.1) is 0 Å². The molecule has 0 aliphatic rings. The third-order valence-electron chi connectivity index (χ3n) is 2.78. The number of hydrogen-bond acceptors (Lipinski definition) is 2. The number of nitrogens with one attached hydrogen (secondary N) is 1. The zero-order chi connectivity index (χ0) is 11.4. The topological polar surface area (TPSA) is 24.9 Å². The molecule has 1 unspecified atom stereocenters. The van der Waals surface area contributed by atoms with Crippen LogP contribution in [0, 0.1) is 0 Å². The van der Waals surface area contributed by atoms with Gasteiger partial charge < -0.3 is 5.32 Å². The Morgan fingerprint density at radius 3 is 2.88 bits per heavy atom. The van der Waals surface area contributed by atoms with Crippen molar-refractivity contribution in [2.24, 2.45) is 0 Å². The van der Waals surface area contributed by atoms with Gasteiger partial charge in [0.2, 0.25) is 0 Å². The van der Waals surface area contributed by atoms with Crippen molar-refractivity contribution in [1.29, 1.82) is 0 Å². The van der Waals surface area contributed by atoms with Gasteiger partial charge in [0.25, 0.3) is 0 Å². The molecule has 84 valence electrons. The van der Waals surface area contributed by atoms with Crippen molar-refractivity contribution in [2.45, 2.75) is 32.7 Å². The van der Waals surface area contributed by atoms with Gasteiger partial charge in [0.1, 0.15) is 5.82 Å². The summed E-state index contributed by atoms with van der Waals surface area (Å²) in [6, 6.07) is 10.9. The van der Waals surface area contributed by atoms with Crippen molar-refractivity contribution in [3.8, 4) is 0 Å². The second kappa shape index (κ2) is 4.97. The van der Waals surface area contributed by atoms with Crippen molar-refractivity contribution in [2.75, 3.05) is 5.32 Å². The van der Waals surface area contributed by atoms with Crippen molar-refractivity contribution in [1.82, 2.24) is 4.98 Å². The van der Waals surface area contributed by atoms with Crippen LogP contribution in [0.3, 0.4) is 0 Å². The van der Waals surface area contributed by atoms with Gasteiger partial charge in [0.15, 0.2) is 0 Å². The summed E-state index contributed by atoms with van der Waals surface area (Å²) in [5, 5.41) is 5.92. The van der Waals surface area contributed by atoms with Gasteiger partial charge >= 0.3 is 0 Å². The minimum absolute atomic E-state index is 0.475. The molecule has 0 aliphatic heterocycles. The molecular formula is C14H18N2. The van der Waals surface area contributed by atoms with Crippen LogP contribution < -0.4 is 5.32 Å². The van der Waals surface area contributed by atoms with E-state index < -0.39 is 0 Å². The predicted molar refractivity (Wildman–Crippen MR) is 69.7 cm³/mol. The van der Waals surface area contributed by atoms with E-state index >= 15 is 0 Å². The molecule has 0 amide bonds. The molecule has 0 spiro atoms. The van der Waals surface area contributed by atoms with Crippen LogP contribution in [-0.4, -0.2) is 11.0 Å². The highest BCUT2D eigenvalue weighted by Crippen LogP contribution is 2.21. The zero-order valence-electron chi connectivity index (χ0n) is 9.90. The molecular weight excluding hydrogens is 196 g/mol. The summed E-state index contributed by atoms with van der Waals surface area (Å²) in [4.78, 5) is 4.42. The van der Waals surface area contributed by atoms with Crippen LogP contribution in [0.2, 0.25) is 0 Å². The largest absolute Gasteiger partial charge is 0.367 e. The Bertz CT molecular complexity index is 460. The van der Waals surface area contributed by atoms with E-state index in [1.54, 1.807) is 0 Å². The summed E-state index contributed by atoms with van der Waals surface area (Å²) >= 11 is 0. The molecule has 0 saturated heterocycles. The number of benzene rings is 1. The lowest BCUT2D eigenvalue weighted by Gasteiger charge is -2.14. The molecule has 0 fully saturated rings. The molecule has 2 aromatic rings. The molecule has 1 atom stereocenters. The van der Waals surface area contributed by atoms with E-state index in [1.807, 2.05) is 12.3 Å². The fraction of sp³-hybridized carbons (Fsp3) is 0.357. The second-order valence-electron chi connectivity index (χ2n) is 4.21. The fourth-order valence-electron chi connectivity index (χ4n) is 1.97. The van der Waals surface area contributed by atoms with E-state index in [0.717, 1.165) is 5.82 Å². The van der Waals surface area contributed by atoms with Crippen molar-refractivity contribution in [3.05, 3.63) is 36.5 Å². The highest BCUT2D eigenvalue weighted by Gasteiger charge is 2.04. The minimum atomic E-state index is 0.475. The van der Waals surface area contributed by atoms with E-state index in [9.17, 15) is 0 Å². The van der Waals surface area contributed by atoms with Crippen molar-refractivity contribution >= 4 is 16.6 Å². The maximum Gasteiger partial charge on any atom is 0.134 e. The number of fused-ring (bicyclic) bond motifs is 1. The zero-order valence-corrected chi connectivity index (χ0v) is 9.90. The monoisotopic (exact) mass is 214 g/mol. The number of aromatic nitrogens is 1. The molecule has 0 bridgehead atoms. The lowest BCUT2D eigenvalue weighted by Crippen LogP contribution is -2.15. The summed E-state index contributed by atoms with van der Waals surface area (Å²) in [7, 11) is 0. The second-order valence-corrected chi connectivity index (χ2v) is 4.21. The SMILES string of the molecule is CCCC(C)Nc1nccc2ccccc12. The van der Waals surface area contributed by atoms with Gasteiger partial charge in [-0.15, -0.1) is 0 Å². The predicted octanol–water partition coefficient (Wildman–Crippen LogP) is 3.84. The first-order chi connectivity index (χ1) is 7.81. The van der Waals surface area contributed by atoms with Gasteiger partial charge in [-0.2, -0.15) is 0 Å². The smallest absolute Gasteiger partial charge is 0.134 e. The summed E-state index contributed by atoms with van der Waals surface area (Å²) in [6.07, 6.45) is 4.23. The molecule has 0 radical (unpaired) electrons. The van der Waals surface area contributed by atoms with Crippen molar-refractivity contribution < 1.29 is 0 Å². The van der Waals surface area contributed by atoms with Gasteiger partial charge in [-0.05, 0) is 24.8 Å². The number of hydrogen-bond donors (Lipinski definition) is 1. The first kappa shape index (κ1) is 10.9. The summed E-state index contributed by atoms with van der Waals surface area (Å²) < 4.78 is 0. The number of anilines is 1. The van der Waals surface area contributed by atoms with Gasteiger partial charge in [-0.1, -0.05) is 37.6 Å². The average molecular weight is 214 g/mol. The molecule has 1 N–H and O–H groups in total. The number of pyridine rings is 1. The Morgan fingerprint density at radius 1 is 1.25 bits per heavy atom. The van der Waals surface area contributed by atoms with Crippen LogP contribution in [0.15, 0.2) is 36.5 Å². The third-order valence-corrected chi connectivity index (χ3v) is 2.78. The normalized spacial score (nSPS) is 12.6. The Labute approximate surface area is 96.7 Å². The number of nitrogens with zero attached hydrogens (tertiary/aromatic N) is 1. The van der Waals surface area contributed by atoms with Gasteiger partial charge in [-0.25, -0.2) is 4.98 Å². The van der Waals surface area contributed by atoms with Crippen LogP contribution in [0.4, 0.5) is 5.82 Å². The van der Waals surface area contributed by atoms with E-state index in [4.69, 9.17) is 0 Å². The average Bonchev–Trinajstić information content (AvgIpc) is 2.30. The summed E-state index contributed by atoms with van der Waals surface area (Å²) in [5.74, 6) is 0.999. The van der Waals surface area contributed by atoms with E-state index in [0.29, 0.717) is 6.04 Å². The van der Waals surface area contributed by atoms with E-state index in [-0.39, 0.29) is 0 Å². The highest BCUT2D eigenvalue weighted by molar-refractivity contribution is 5.91. The first-order valence-corrected chi connectivity index (χ1v) is 5.91. The molecule has 16 heavy (non-hydrogen) atoms. The highest BCUT2D eigenvalue weighted by atomic mass is 15.0. The van der Waals surface area contributed by atoms with Crippen LogP contribution in [0.25, 0.3) is 10.8 Å². The van der Waals surface area contributed by atoms with Crippen LogP contribution in [0.1, 0.15) is 26.7 Å². The maximum absolute atomic E-state index is 4.42. The Hall–Kier alpha value is -1.57. The minimum Gasteiger partial charge on any atom is -0.367 e. The summed E-state index contributed by atoms with van der Waals surface area (Å²) in [6.45, 7) is 4.40. The fourth-order valence-corrected chi connectivity index (χ4v) is 1.97. The van der Waals surface area contributed by atoms with Crippen LogP contribution in [0.5, 0.6) is 0 Å². The molecule has 0 aliphatic carbocycles. The molecule has 0 saturated carbocycles. The van der Waals surface area contributed by atoms with Crippen LogP contribution in [-0.2, 0) is 0 Å². The first-order valence-electron chi connectivity index (χ1n) is 5.91. The van der Waals surface area contributed by atoms with Crippen molar-refractivity contribution in [3.63, 3.8) is 0 Å². The standard InChI is InChI=1S/C14H18N2/c1-3-6-11(2)16-14-13-8-5-4-7-12(13)9-10-15-14/h4-5,7-11H,3,6H2,1-2H3,(H,15,16). The molecule has 1 heterocycles. The van der Waals surface area contributed by atoms with E-state index in [2.05, 4.69) is 48.4 Å². The molecule has 2 rings (SSSR count). The molecule has 1 aromatic heterocycles. The maximum atomic E-state index is 4.42. The molecule has 2 nitrogen and oxygen atoms in total. The van der Waals surface area contributed by atoms with Gasteiger partial charge in [-0.3, -0.25) is 0 Å². The molecule has 2 heteroatoms. The Morgan fingerprint density at radius 2 is 2.06 bits per heavy atom. The number of rotatable bonds is 4. The quantitative estimate of drug-likeness (QED) is 0.836. The molecule has 1 aromatic carbocycles. The van der Waals surface area contributed by atoms with Gasteiger partial charge in [0, 0.05) is 17.6 Å². The third kappa shape index (κ3) is 2.32. The van der Waals surface area contributed by atoms with Crippen LogP contribution >= 0.6 is 0 Å². The Balaban J connectivity index is 2.30. The summed E-state index contributed by atoms with van der Waals surface area (Å²) in [5.41, 5.74) is 0. The van der Waals surface area contributed by atoms with E-state index in [1.165, 1.54) is 23.6 Å². The lowest BCUT2D eigenvalue weighted by molar-refractivity contribution is 0.688. The lowest BCUT2D eigenvalue weighted by atomic mass is 10.1. The Kier molecular flexibility index (Phi) is 3.40.